The Morgan fingerprint density at radius 1 is 0.975 bits per heavy atom. The summed E-state index contributed by atoms with van der Waals surface area (Å²) in [7, 11) is -2.80. The molecule has 0 fully saturated rings. The summed E-state index contributed by atoms with van der Waals surface area (Å²) in [6.07, 6.45) is 0.706. The van der Waals surface area contributed by atoms with Crippen molar-refractivity contribution in [2.45, 2.75) is 50.7 Å². The maximum atomic E-state index is 13.9. The zero-order chi connectivity index (χ0) is 29.4. The van der Waals surface area contributed by atoms with Gasteiger partial charge in [0.05, 0.1) is 17.7 Å². The van der Waals surface area contributed by atoms with Gasteiger partial charge in [0.2, 0.25) is 11.8 Å². The number of methoxy groups -OCH3 is 1. The number of sulfonamides is 1. The van der Waals surface area contributed by atoms with Gasteiger partial charge in [-0.2, -0.15) is 0 Å². The van der Waals surface area contributed by atoms with E-state index in [0.717, 1.165) is 26.5 Å². The molecule has 3 aromatic rings. The van der Waals surface area contributed by atoms with Gasteiger partial charge >= 0.3 is 0 Å². The van der Waals surface area contributed by atoms with Crippen molar-refractivity contribution in [3.8, 4) is 5.75 Å². The van der Waals surface area contributed by atoms with Crippen LogP contribution >= 0.6 is 15.9 Å². The van der Waals surface area contributed by atoms with Crippen LogP contribution < -0.4 is 14.4 Å². The maximum absolute atomic E-state index is 13.9. The van der Waals surface area contributed by atoms with Crippen molar-refractivity contribution in [1.29, 1.82) is 0 Å². The van der Waals surface area contributed by atoms with E-state index in [1.807, 2.05) is 38.1 Å². The molecule has 3 rings (SSSR count). The van der Waals surface area contributed by atoms with E-state index in [2.05, 4.69) is 21.2 Å². The Bertz CT molecular complexity index is 1400. The van der Waals surface area contributed by atoms with E-state index in [1.54, 1.807) is 6.92 Å². The van der Waals surface area contributed by atoms with Crippen LogP contribution in [0.25, 0.3) is 0 Å². The molecule has 0 bridgehead atoms. The normalized spacial score (nSPS) is 12.8. The summed E-state index contributed by atoms with van der Waals surface area (Å²) < 4.78 is 48.2. The van der Waals surface area contributed by atoms with Crippen LogP contribution in [-0.2, 0) is 26.2 Å². The molecule has 0 aromatic heterocycles. The number of hydrogen-bond donors (Lipinski definition) is 1. The monoisotopic (exact) mass is 633 g/mol. The number of halogens is 2. The zero-order valence-corrected chi connectivity index (χ0v) is 25.2. The molecule has 2 unspecified atom stereocenters. The molecule has 1 N–H and O–H groups in total. The highest BCUT2D eigenvalue weighted by atomic mass is 79.9. The molecular weight excluding hydrogens is 601 g/mol. The van der Waals surface area contributed by atoms with Gasteiger partial charge in [0.15, 0.2) is 0 Å². The molecule has 0 heterocycles. The summed E-state index contributed by atoms with van der Waals surface area (Å²) in [5.74, 6) is -1.04. The molecular formula is C29H33BrFN3O5S. The highest BCUT2D eigenvalue weighted by molar-refractivity contribution is 9.10. The smallest absolute Gasteiger partial charge is 0.264 e. The maximum Gasteiger partial charge on any atom is 0.264 e. The fourth-order valence-electron chi connectivity index (χ4n) is 3.85. The first kappa shape index (κ1) is 31.1. The summed E-state index contributed by atoms with van der Waals surface area (Å²) in [6, 6.07) is 16.8. The molecule has 0 saturated carbocycles. The van der Waals surface area contributed by atoms with E-state index >= 15 is 0 Å². The number of carbonyl (C=O) groups excluding carboxylic acids is 2. The number of amides is 2. The van der Waals surface area contributed by atoms with Crippen molar-refractivity contribution in [3.05, 3.63) is 88.6 Å². The lowest BCUT2D eigenvalue weighted by atomic mass is 10.1. The average Bonchev–Trinajstić information content (AvgIpc) is 2.95. The molecule has 8 nitrogen and oxygen atoms in total. The van der Waals surface area contributed by atoms with Gasteiger partial charge in [-0.15, -0.1) is 0 Å². The van der Waals surface area contributed by atoms with Gasteiger partial charge in [0.25, 0.3) is 10.0 Å². The van der Waals surface area contributed by atoms with Gasteiger partial charge in [-0.3, -0.25) is 13.9 Å². The molecule has 0 radical (unpaired) electrons. The molecule has 3 aromatic carbocycles. The SMILES string of the molecule is CCC(C)NC(=O)C(C)N(Cc1ccc(Br)cc1)C(=O)CN(c1ccc(F)cc1)S(=O)(=O)c1ccc(OC)cc1. The van der Waals surface area contributed by atoms with Crippen molar-refractivity contribution in [2.24, 2.45) is 0 Å². The summed E-state index contributed by atoms with van der Waals surface area (Å²) in [5, 5.41) is 2.89. The van der Waals surface area contributed by atoms with E-state index in [0.29, 0.717) is 12.2 Å². The third-order valence-electron chi connectivity index (χ3n) is 6.48. The van der Waals surface area contributed by atoms with E-state index in [9.17, 15) is 22.4 Å². The number of ether oxygens (including phenoxy) is 1. The average molecular weight is 635 g/mol. The summed E-state index contributed by atoms with van der Waals surface area (Å²) in [4.78, 5) is 28.2. The van der Waals surface area contributed by atoms with Crippen LogP contribution in [0.3, 0.4) is 0 Å². The molecule has 0 aliphatic carbocycles. The minimum Gasteiger partial charge on any atom is -0.497 e. The van der Waals surface area contributed by atoms with Gasteiger partial charge in [-0.25, -0.2) is 12.8 Å². The van der Waals surface area contributed by atoms with E-state index in [4.69, 9.17) is 4.74 Å². The van der Waals surface area contributed by atoms with Crippen LogP contribution in [0.2, 0.25) is 0 Å². The highest BCUT2D eigenvalue weighted by Crippen LogP contribution is 2.26. The third kappa shape index (κ3) is 7.82. The minimum absolute atomic E-state index is 0.0705. The van der Waals surface area contributed by atoms with Crippen molar-refractivity contribution in [2.75, 3.05) is 18.0 Å². The Balaban J connectivity index is 2.01. The molecule has 0 aliphatic heterocycles. The number of benzene rings is 3. The van der Waals surface area contributed by atoms with Crippen molar-refractivity contribution in [3.63, 3.8) is 0 Å². The van der Waals surface area contributed by atoms with Gasteiger partial charge in [-0.05, 0) is 86.5 Å². The second-order valence-electron chi connectivity index (χ2n) is 9.31. The standard InChI is InChI=1S/C29H33BrFN3O5S/c1-5-20(2)32-29(36)21(3)33(18-22-6-8-23(30)9-7-22)28(35)19-34(25-12-10-24(31)11-13-25)40(37,38)27-16-14-26(39-4)15-17-27/h6-17,20-21H,5,18-19H2,1-4H3,(H,32,36). The van der Waals surface area contributed by atoms with Crippen LogP contribution in [-0.4, -0.2) is 50.9 Å². The van der Waals surface area contributed by atoms with E-state index in [-0.39, 0.29) is 29.1 Å². The quantitative estimate of drug-likeness (QED) is 0.299. The topological polar surface area (TPSA) is 96.0 Å². The Morgan fingerprint density at radius 3 is 2.12 bits per heavy atom. The van der Waals surface area contributed by atoms with Gasteiger partial charge in [-0.1, -0.05) is 35.0 Å². The van der Waals surface area contributed by atoms with Crippen LogP contribution in [0.4, 0.5) is 10.1 Å². The molecule has 11 heteroatoms. The van der Waals surface area contributed by atoms with Crippen molar-refractivity contribution < 1.29 is 27.1 Å². The van der Waals surface area contributed by atoms with Crippen molar-refractivity contribution >= 4 is 43.5 Å². The van der Waals surface area contributed by atoms with Crippen molar-refractivity contribution in [1.82, 2.24) is 10.2 Å². The van der Waals surface area contributed by atoms with E-state index < -0.39 is 34.3 Å². The number of nitrogens with one attached hydrogen (secondary N) is 1. The lowest BCUT2D eigenvalue weighted by molar-refractivity contribution is -0.139. The summed E-state index contributed by atoms with van der Waals surface area (Å²) in [5.41, 5.74) is 0.858. The van der Waals surface area contributed by atoms with Gasteiger partial charge in [0.1, 0.15) is 24.2 Å². The summed E-state index contributed by atoms with van der Waals surface area (Å²) >= 11 is 3.39. The Hall–Kier alpha value is -3.44. The molecule has 214 valence electrons. The lowest BCUT2D eigenvalue weighted by Gasteiger charge is -2.32. The predicted molar refractivity (Wildman–Crippen MR) is 156 cm³/mol. The van der Waals surface area contributed by atoms with Crippen LogP contribution in [0.5, 0.6) is 5.75 Å². The molecule has 0 spiro atoms. The fourth-order valence-corrected chi connectivity index (χ4v) is 5.52. The second kappa shape index (κ2) is 13.8. The number of nitrogens with zero attached hydrogens (tertiary/aromatic N) is 2. The molecule has 2 amide bonds. The largest absolute Gasteiger partial charge is 0.497 e. The number of carbonyl (C=O) groups is 2. The Labute approximate surface area is 243 Å². The zero-order valence-electron chi connectivity index (χ0n) is 22.8. The minimum atomic E-state index is -4.27. The number of rotatable bonds is 12. The van der Waals surface area contributed by atoms with Crippen LogP contribution in [0.15, 0.2) is 82.2 Å². The van der Waals surface area contributed by atoms with Gasteiger partial charge < -0.3 is 15.0 Å². The van der Waals surface area contributed by atoms with Crippen LogP contribution in [0.1, 0.15) is 32.8 Å². The molecule has 0 saturated heterocycles. The first-order chi connectivity index (χ1) is 19.0. The second-order valence-corrected chi connectivity index (χ2v) is 12.1. The third-order valence-corrected chi connectivity index (χ3v) is 8.79. The molecule has 0 aliphatic rings. The number of anilines is 1. The summed E-state index contributed by atoms with van der Waals surface area (Å²) in [6.45, 7) is 4.86. The Kier molecular flexibility index (Phi) is 10.7. The number of hydrogen-bond acceptors (Lipinski definition) is 5. The highest BCUT2D eigenvalue weighted by Gasteiger charge is 2.32. The first-order valence-electron chi connectivity index (χ1n) is 12.7. The van der Waals surface area contributed by atoms with E-state index in [1.165, 1.54) is 48.4 Å². The molecule has 2 atom stereocenters. The van der Waals surface area contributed by atoms with Crippen LogP contribution in [0, 0.1) is 5.82 Å². The Morgan fingerprint density at radius 2 is 1.57 bits per heavy atom. The molecule has 40 heavy (non-hydrogen) atoms. The fraction of sp³-hybridized carbons (Fsp3) is 0.310. The van der Waals surface area contributed by atoms with Gasteiger partial charge in [0, 0.05) is 17.1 Å². The first-order valence-corrected chi connectivity index (χ1v) is 15.0. The lowest BCUT2D eigenvalue weighted by Crippen LogP contribution is -2.52. The predicted octanol–water partition coefficient (Wildman–Crippen LogP) is 5.12.